The van der Waals surface area contributed by atoms with Crippen LogP contribution in [0.2, 0.25) is 0 Å². The maximum atomic E-state index is 12.8. The van der Waals surface area contributed by atoms with Gasteiger partial charge in [-0.25, -0.2) is 4.79 Å². The van der Waals surface area contributed by atoms with E-state index in [1.807, 2.05) is 38.1 Å². The Hall–Kier alpha value is -4.30. The maximum Gasteiger partial charge on any atom is 0.319 e. The summed E-state index contributed by atoms with van der Waals surface area (Å²) in [6, 6.07) is 20.0. The van der Waals surface area contributed by atoms with Gasteiger partial charge in [0.05, 0.1) is 7.11 Å². The van der Waals surface area contributed by atoms with Gasteiger partial charge in [0.25, 0.3) is 5.91 Å². The van der Waals surface area contributed by atoms with Crippen molar-refractivity contribution < 1.29 is 19.1 Å². The summed E-state index contributed by atoms with van der Waals surface area (Å²) in [4.78, 5) is 27.4. The lowest BCUT2D eigenvalue weighted by molar-refractivity contribution is 0.102. The lowest BCUT2D eigenvalue weighted by Crippen LogP contribution is -2.37. The molecular formula is C32H38N4O4. The average molecular weight is 543 g/mol. The van der Waals surface area contributed by atoms with Gasteiger partial charge in [-0.05, 0) is 86.0 Å². The Morgan fingerprint density at radius 2 is 1.60 bits per heavy atom. The molecule has 3 amide bonds. The van der Waals surface area contributed by atoms with Crippen LogP contribution in [0.4, 0.5) is 16.2 Å². The number of ether oxygens (including phenoxy) is 2. The van der Waals surface area contributed by atoms with Gasteiger partial charge in [-0.2, -0.15) is 0 Å². The standard InChI is InChI=1S/C32H38N4O4/c1-5-25(6-2)34-32(38)35-27-13-16-29(30(21-27)39-4)40-28-14-11-26(12-15-28)33-31(37)24-9-7-22(8-10-24)23-17-19-36(3)20-18-23/h7-17,21,25H,5-6,18-20H2,1-4H3,(H,33,37)(H2,34,35,38). The molecule has 0 radical (unpaired) electrons. The Morgan fingerprint density at radius 3 is 2.23 bits per heavy atom. The highest BCUT2D eigenvalue weighted by Crippen LogP contribution is 2.34. The normalized spacial score (nSPS) is 13.4. The largest absolute Gasteiger partial charge is 0.493 e. The van der Waals surface area contributed by atoms with Crippen molar-refractivity contribution in [3.63, 3.8) is 0 Å². The van der Waals surface area contributed by atoms with Crippen LogP contribution in [0.3, 0.4) is 0 Å². The molecule has 3 N–H and O–H groups in total. The molecule has 1 heterocycles. The molecule has 0 saturated carbocycles. The second-order valence-corrected chi connectivity index (χ2v) is 9.88. The number of hydrogen-bond acceptors (Lipinski definition) is 5. The van der Waals surface area contributed by atoms with Crippen molar-refractivity contribution in [1.29, 1.82) is 0 Å². The number of nitrogens with one attached hydrogen (secondary N) is 3. The van der Waals surface area contributed by atoms with E-state index >= 15 is 0 Å². The zero-order valence-electron chi connectivity index (χ0n) is 23.6. The minimum atomic E-state index is -0.257. The zero-order chi connectivity index (χ0) is 28.5. The lowest BCUT2D eigenvalue weighted by Gasteiger charge is -2.22. The molecule has 40 heavy (non-hydrogen) atoms. The third-order valence-electron chi connectivity index (χ3n) is 7.01. The van der Waals surface area contributed by atoms with Gasteiger partial charge in [0.15, 0.2) is 11.5 Å². The number of amides is 3. The van der Waals surface area contributed by atoms with Gasteiger partial charge in [-0.1, -0.05) is 32.1 Å². The van der Waals surface area contributed by atoms with Crippen LogP contribution in [0.1, 0.15) is 49.0 Å². The van der Waals surface area contributed by atoms with Crippen molar-refractivity contribution >= 4 is 28.9 Å². The van der Waals surface area contributed by atoms with Crippen molar-refractivity contribution in [2.24, 2.45) is 0 Å². The molecule has 3 aromatic rings. The summed E-state index contributed by atoms with van der Waals surface area (Å²) in [6.07, 6.45) is 5.00. The first-order valence-electron chi connectivity index (χ1n) is 13.7. The number of rotatable bonds is 10. The Balaban J connectivity index is 1.34. The minimum absolute atomic E-state index is 0.129. The topological polar surface area (TPSA) is 91.9 Å². The molecule has 8 heteroatoms. The number of nitrogens with zero attached hydrogens (tertiary/aromatic N) is 1. The molecule has 0 aromatic heterocycles. The SMILES string of the molecule is CCC(CC)NC(=O)Nc1ccc(Oc2ccc(NC(=O)c3ccc(C4=CCN(C)CC4)cc3)cc2)c(OC)c1. The highest BCUT2D eigenvalue weighted by atomic mass is 16.5. The van der Waals surface area contributed by atoms with Crippen LogP contribution in [0.25, 0.3) is 5.57 Å². The summed E-state index contributed by atoms with van der Waals surface area (Å²) < 4.78 is 11.5. The number of benzene rings is 3. The molecule has 0 aliphatic carbocycles. The Labute approximate surface area is 236 Å². The zero-order valence-corrected chi connectivity index (χ0v) is 23.6. The third kappa shape index (κ3) is 7.64. The van der Waals surface area contributed by atoms with E-state index in [0.29, 0.717) is 34.2 Å². The quantitative estimate of drug-likeness (QED) is 0.263. The van der Waals surface area contributed by atoms with Crippen LogP contribution in [0.5, 0.6) is 17.2 Å². The fourth-order valence-corrected chi connectivity index (χ4v) is 4.48. The number of carbonyl (C=O) groups is 2. The number of carbonyl (C=O) groups excluding carboxylic acids is 2. The van der Waals surface area contributed by atoms with E-state index < -0.39 is 0 Å². The van der Waals surface area contributed by atoms with E-state index in [0.717, 1.165) is 37.9 Å². The van der Waals surface area contributed by atoms with E-state index in [4.69, 9.17) is 9.47 Å². The number of anilines is 2. The van der Waals surface area contributed by atoms with E-state index in [9.17, 15) is 9.59 Å². The van der Waals surface area contributed by atoms with Crippen LogP contribution in [-0.2, 0) is 0 Å². The molecule has 3 aromatic carbocycles. The minimum Gasteiger partial charge on any atom is -0.493 e. The highest BCUT2D eigenvalue weighted by Gasteiger charge is 2.13. The number of hydrogen-bond donors (Lipinski definition) is 3. The predicted octanol–water partition coefficient (Wildman–Crippen LogP) is 6.77. The van der Waals surface area contributed by atoms with Gasteiger partial charge in [0, 0.05) is 42.1 Å². The van der Waals surface area contributed by atoms with Crippen LogP contribution >= 0.6 is 0 Å². The van der Waals surface area contributed by atoms with Gasteiger partial charge in [-0.15, -0.1) is 0 Å². The lowest BCUT2D eigenvalue weighted by atomic mass is 9.98. The Kier molecular flexibility index (Phi) is 9.81. The smallest absolute Gasteiger partial charge is 0.319 e. The van der Waals surface area contributed by atoms with Crippen molar-refractivity contribution in [3.05, 3.63) is 83.9 Å². The summed E-state index contributed by atoms with van der Waals surface area (Å²) in [5.41, 5.74) is 4.35. The molecular weight excluding hydrogens is 504 g/mol. The number of methoxy groups -OCH3 is 1. The Morgan fingerprint density at radius 1 is 0.900 bits per heavy atom. The average Bonchev–Trinajstić information content (AvgIpc) is 2.98. The first-order valence-corrected chi connectivity index (χ1v) is 13.7. The summed E-state index contributed by atoms with van der Waals surface area (Å²) in [5.74, 6) is 1.40. The highest BCUT2D eigenvalue weighted by molar-refractivity contribution is 6.04. The van der Waals surface area contributed by atoms with Crippen molar-refractivity contribution in [1.82, 2.24) is 10.2 Å². The second-order valence-electron chi connectivity index (χ2n) is 9.88. The van der Waals surface area contributed by atoms with Crippen LogP contribution < -0.4 is 25.4 Å². The molecule has 0 spiro atoms. The van der Waals surface area contributed by atoms with Gasteiger partial charge in [0.1, 0.15) is 5.75 Å². The van der Waals surface area contributed by atoms with Gasteiger partial charge in [0.2, 0.25) is 0 Å². The van der Waals surface area contributed by atoms with Crippen LogP contribution in [0, 0.1) is 0 Å². The molecule has 0 bridgehead atoms. The van der Waals surface area contributed by atoms with Crippen molar-refractivity contribution in [2.75, 3.05) is 37.9 Å². The molecule has 210 valence electrons. The Bertz CT molecular complexity index is 1330. The van der Waals surface area contributed by atoms with Crippen LogP contribution in [-0.4, -0.2) is 50.1 Å². The second kappa shape index (κ2) is 13.7. The fourth-order valence-electron chi connectivity index (χ4n) is 4.48. The van der Waals surface area contributed by atoms with E-state index in [-0.39, 0.29) is 18.0 Å². The molecule has 1 aliphatic rings. The number of urea groups is 1. The molecule has 1 aliphatic heterocycles. The van der Waals surface area contributed by atoms with E-state index in [1.54, 1.807) is 49.6 Å². The summed E-state index contributed by atoms with van der Waals surface area (Å²) in [6.45, 7) is 6.07. The first kappa shape index (κ1) is 28.7. The predicted molar refractivity (Wildman–Crippen MR) is 161 cm³/mol. The van der Waals surface area contributed by atoms with Gasteiger partial charge < -0.3 is 30.3 Å². The maximum absolute atomic E-state index is 12.8. The van der Waals surface area contributed by atoms with Crippen molar-refractivity contribution in [2.45, 2.75) is 39.2 Å². The van der Waals surface area contributed by atoms with Crippen LogP contribution in [0.15, 0.2) is 72.8 Å². The van der Waals surface area contributed by atoms with Gasteiger partial charge in [-0.3, -0.25) is 4.79 Å². The van der Waals surface area contributed by atoms with E-state index in [1.165, 1.54) is 5.57 Å². The summed E-state index contributed by atoms with van der Waals surface area (Å²) in [5, 5.41) is 8.72. The third-order valence-corrected chi connectivity index (χ3v) is 7.01. The van der Waals surface area contributed by atoms with Gasteiger partial charge >= 0.3 is 6.03 Å². The molecule has 0 unspecified atom stereocenters. The van der Waals surface area contributed by atoms with Crippen molar-refractivity contribution in [3.8, 4) is 17.2 Å². The summed E-state index contributed by atoms with van der Waals surface area (Å²) in [7, 11) is 3.66. The number of likely N-dealkylation sites (N-methyl/N-ethyl adjacent to an activating group) is 1. The molecule has 0 fully saturated rings. The fraction of sp³-hybridized carbons (Fsp3) is 0.312. The molecule has 8 nitrogen and oxygen atoms in total. The monoisotopic (exact) mass is 542 g/mol. The molecule has 4 rings (SSSR count). The van der Waals surface area contributed by atoms with E-state index in [2.05, 4.69) is 34.0 Å². The molecule has 0 atom stereocenters. The first-order chi connectivity index (χ1) is 19.4. The molecule has 0 saturated heterocycles. The summed E-state index contributed by atoms with van der Waals surface area (Å²) >= 11 is 0.